The van der Waals surface area contributed by atoms with E-state index < -0.39 is 5.91 Å². The number of carbonyl (C=O) groups is 1. The van der Waals surface area contributed by atoms with Crippen molar-refractivity contribution >= 4 is 23.5 Å². The minimum atomic E-state index is -0.575. The van der Waals surface area contributed by atoms with Crippen molar-refractivity contribution in [3.63, 3.8) is 0 Å². The van der Waals surface area contributed by atoms with Gasteiger partial charge < -0.3 is 10.6 Å². The number of anilines is 1. The van der Waals surface area contributed by atoms with Gasteiger partial charge in [-0.1, -0.05) is 0 Å². The Morgan fingerprint density at radius 1 is 1.39 bits per heavy atom. The standard InChI is InChI=1S/C9H10ClN7O/c1-16(2)8-13-7(10)14-9(15-8)17-4-5(3-12-17)6(11)18/h3-4H,1-2H3,(H2,11,18). The summed E-state index contributed by atoms with van der Waals surface area (Å²) in [7, 11) is 3.54. The predicted octanol–water partition coefficient (Wildman–Crippen LogP) is -0.124. The molecule has 0 unspecified atom stereocenters. The molecule has 0 radical (unpaired) electrons. The summed E-state index contributed by atoms with van der Waals surface area (Å²) in [6.45, 7) is 0. The summed E-state index contributed by atoms with van der Waals surface area (Å²) in [5.74, 6) is 0.0292. The molecule has 8 nitrogen and oxygen atoms in total. The van der Waals surface area contributed by atoms with Gasteiger partial charge in [0.25, 0.3) is 11.9 Å². The quantitative estimate of drug-likeness (QED) is 0.831. The van der Waals surface area contributed by atoms with Gasteiger partial charge >= 0.3 is 0 Å². The van der Waals surface area contributed by atoms with Crippen molar-refractivity contribution < 1.29 is 4.79 Å². The van der Waals surface area contributed by atoms with Gasteiger partial charge in [0.1, 0.15) is 0 Å². The SMILES string of the molecule is CN(C)c1nc(Cl)nc(-n2cc(C(N)=O)cn2)n1. The van der Waals surface area contributed by atoms with Gasteiger partial charge in [0.2, 0.25) is 11.2 Å². The van der Waals surface area contributed by atoms with E-state index in [9.17, 15) is 4.79 Å². The maximum Gasteiger partial charge on any atom is 0.256 e. The van der Waals surface area contributed by atoms with Crippen molar-refractivity contribution in [3.8, 4) is 5.95 Å². The number of nitrogens with two attached hydrogens (primary N) is 1. The van der Waals surface area contributed by atoms with Crippen molar-refractivity contribution in [2.75, 3.05) is 19.0 Å². The van der Waals surface area contributed by atoms with Crippen LogP contribution in [0.1, 0.15) is 10.4 Å². The number of primary amides is 1. The zero-order chi connectivity index (χ0) is 13.3. The van der Waals surface area contributed by atoms with Crippen molar-refractivity contribution in [2.24, 2.45) is 5.73 Å². The second-order valence-electron chi connectivity index (χ2n) is 3.64. The topological polar surface area (TPSA) is 103 Å². The Morgan fingerprint density at radius 2 is 2.11 bits per heavy atom. The van der Waals surface area contributed by atoms with E-state index in [4.69, 9.17) is 17.3 Å². The molecule has 0 aliphatic carbocycles. The van der Waals surface area contributed by atoms with E-state index in [0.717, 1.165) is 0 Å². The highest BCUT2D eigenvalue weighted by Crippen LogP contribution is 2.11. The summed E-state index contributed by atoms with van der Waals surface area (Å²) < 4.78 is 1.31. The van der Waals surface area contributed by atoms with Crippen LogP contribution in [-0.2, 0) is 0 Å². The molecule has 0 atom stereocenters. The highest BCUT2D eigenvalue weighted by molar-refractivity contribution is 6.28. The molecule has 0 spiro atoms. The number of hydrogen-bond acceptors (Lipinski definition) is 6. The van der Waals surface area contributed by atoms with E-state index >= 15 is 0 Å². The Balaban J connectivity index is 2.46. The van der Waals surface area contributed by atoms with Gasteiger partial charge in [-0.15, -0.1) is 0 Å². The number of carbonyl (C=O) groups excluding carboxylic acids is 1. The van der Waals surface area contributed by atoms with Gasteiger partial charge in [0.05, 0.1) is 11.8 Å². The van der Waals surface area contributed by atoms with E-state index in [2.05, 4.69) is 20.1 Å². The molecule has 2 rings (SSSR count). The van der Waals surface area contributed by atoms with Crippen LogP contribution < -0.4 is 10.6 Å². The number of rotatable bonds is 3. The molecule has 0 aromatic carbocycles. The second kappa shape index (κ2) is 4.57. The molecule has 94 valence electrons. The van der Waals surface area contributed by atoms with Gasteiger partial charge in [0, 0.05) is 20.3 Å². The van der Waals surface area contributed by atoms with Crippen LogP contribution in [0.15, 0.2) is 12.4 Å². The molecule has 0 aliphatic rings. The normalized spacial score (nSPS) is 10.4. The average Bonchev–Trinajstić information content (AvgIpc) is 2.77. The maximum atomic E-state index is 11.0. The van der Waals surface area contributed by atoms with Crippen molar-refractivity contribution in [1.29, 1.82) is 0 Å². The van der Waals surface area contributed by atoms with Gasteiger partial charge in [-0.2, -0.15) is 20.1 Å². The third-order valence-corrected chi connectivity index (χ3v) is 2.23. The Labute approximate surface area is 107 Å². The van der Waals surface area contributed by atoms with Gasteiger partial charge in [-0.3, -0.25) is 4.79 Å². The van der Waals surface area contributed by atoms with E-state index in [1.807, 2.05) is 0 Å². The fraction of sp³-hybridized carbons (Fsp3) is 0.222. The fourth-order valence-electron chi connectivity index (χ4n) is 1.19. The summed E-state index contributed by atoms with van der Waals surface area (Å²) in [6.07, 6.45) is 2.75. The third kappa shape index (κ3) is 2.38. The van der Waals surface area contributed by atoms with Gasteiger partial charge in [0.15, 0.2) is 0 Å². The molecule has 0 bridgehead atoms. The molecule has 0 saturated carbocycles. The van der Waals surface area contributed by atoms with Crippen LogP contribution in [-0.4, -0.2) is 44.7 Å². The first-order valence-electron chi connectivity index (χ1n) is 4.91. The number of hydrogen-bond donors (Lipinski definition) is 1. The molecule has 18 heavy (non-hydrogen) atoms. The van der Waals surface area contributed by atoms with Crippen LogP contribution in [0.2, 0.25) is 5.28 Å². The first-order valence-corrected chi connectivity index (χ1v) is 5.29. The summed E-state index contributed by atoms with van der Waals surface area (Å²) >= 11 is 5.79. The van der Waals surface area contributed by atoms with E-state index in [1.54, 1.807) is 19.0 Å². The predicted molar refractivity (Wildman–Crippen MR) is 64.8 cm³/mol. The molecule has 0 fully saturated rings. The summed E-state index contributed by atoms with van der Waals surface area (Å²) in [5, 5.41) is 3.98. The molecule has 9 heteroatoms. The lowest BCUT2D eigenvalue weighted by atomic mass is 10.4. The first-order chi connectivity index (χ1) is 8.47. The average molecular weight is 268 g/mol. The highest BCUT2D eigenvalue weighted by Gasteiger charge is 2.11. The highest BCUT2D eigenvalue weighted by atomic mass is 35.5. The van der Waals surface area contributed by atoms with Crippen molar-refractivity contribution in [3.05, 3.63) is 23.2 Å². The third-order valence-electron chi connectivity index (χ3n) is 2.06. The van der Waals surface area contributed by atoms with E-state index in [1.165, 1.54) is 17.1 Å². The van der Waals surface area contributed by atoms with Crippen LogP contribution >= 0.6 is 11.6 Å². The zero-order valence-corrected chi connectivity index (χ0v) is 10.5. The lowest BCUT2D eigenvalue weighted by molar-refractivity contribution is 0.100. The smallest absolute Gasteiger partial charge is 0.256 e. The number of halogens is 1. The largest absolute Gasteiger partial charge is 0.366 e. The molecule has 2 aromatic rings. The lowest BCUT2D eigenvalue weighted by Gasteiger charge is -2.10. The number of aromatic nitrogens is 5. The number of nitrogens with zero attached hydrogens (tertiary/aromatic N) is 6. The van der Waals surface area contributed by atoms with Crippen LogP contribution in [0.25, 0.3) is 5.95 Å². The van der Waals surface area contributed by atoms with E-state index in [0.29, 0.717) is 5.95 Å². The summed E-state index contributed by atoms with van der Waals surface area (Å²) in [4.78, 5) is 24.7. The van der Waals surface area contributed by atoms with Crippen LogP contribution in [0, 0.1) is 0 Å². The lowest BCUT2D eigenvalue weighted by Crippen LogP contribution is -2.15. The van der Waals surface area contributed by atoms with Crippen molar-refractivity contribution in [2.45, 2.75) is 0 Å². The molecular weight excluding hydrogens is 258 g/mol. The summed E-state index contributed by atoms with van der Waals surface area (Å²) in [5.41, 5.74) is 5.40. The fourth-order valence-corrected chi connectivity index (χ4v) is 1.34. The van der Waals surface area contributed by atoms with E-state index in [-0.39, 0.29) is 16.8 Å². The van der Waals surface area contributed by atoms with Crippen LogP contribution in [0.3, 0.4) is 0 Å². The molecule has 2 aromatic heterocycles. The molecule has 2 heterocycles. The van der Waals surface area contributed by atoms with Crippen LogP contribution in [0.4, 0.5) is 5.95 Å². The minimum Gasteiger partial charge on any atom is -0.366 e. The van der Waals surface area contributed by atoms with Gasteiger partial charge in [-0.05, 0) is 11.6 Å². The molecule has 2 N–H and O–H groups in total. The van der Waals surface area contributed by atoms with Crippen LogP contribution in [0.5, 0.6) is 0 Å². The van der Waals surface area contributed by atoms with Crippen molar-refractivity contribution in [1.82, 2.24) is 24.7 Å². The zero-order valence-electron chi connectivity index (χ0n) is 9.70. The second-order valence-corrected chi connectivity index (χ2v) is 3.97. The minimum absolute atomic E-state index is 0.0415. The Morgan fingerprint density at radius 3 is 2.67 bits per heavy atom. The molecule has 0 aliphatic heterocycles. The monoisotopic (exact) mass is 267 g/mol. The summed E-state index contributed by atoms with van der Waals surface area (Å²) in [6, 6.07) is 0. The Kier molecular flexibility index (Phi) is 3.11. The Hall–Kier alpha value is -2.22. The maximum absolute atomic E-state index is 11.0. The molecule has 1 amide bonds. The van der Waals surface area contributed by atoms with Gasteiger partial charge in [-0.25, -0.2) is 4.68 Å². The molecule has 0 saturated heterocycles. The first kappa shape index (κ1) is 12.2. The Bertz CT molecular complexity index is 594. The molecular formula is C9H10ClN7O. The number of amides is 1.